The number of aldehydes is 1. The Balaban J connectivity index is 0. The third-order valence-electron chi connectivity index (χ3n) is 16.8. The summed E-state index contributed by atoms with van der Waals surface area (Å²) < 4.78 is 80.7. The first-order valence-electron chi connectivity index (χ1n) is 38.7. The summed E-state index contributed by atoms with van der Waals surface area (Å²) in [6.45, 7) is 25.6. The first kappa shape index (κ1) is 119. The molecule has 2 atom stereocenters. The Morgan fingerprint density at radius 2 is 0.943 bits per heavy atom. The average Bonchev–Trinajstić information content (AvgIpc) is 1.71. The van der Waals surface area contributed by atoms with Crippen molar-refractivity contribution in [1.29, 1.82) is 0 Å². The van der Waals surface area contributed by atoms with Crippen molar-refractivity contribution in [3.05, 3.63) is 266 Å². The van der Waals surface area contributed by atoms with Crippen molar-refractivity contribution in [1.82, 2.24) is 0 Å². The van der Waals surface area contributed by atoms with Crippen molar-refractivity contribution in [2.24, 2.45) is 5.73 Å². The summed E-state index contributed by atoms with van der Waals surface area (Å²) in [7, 11) is -2.90. The fraction of sp³-hybridized carbons (Fsp3) is 0.356. The lowest BCUT2D eigenvalue weighted by Gasteiger charge is -2.13. The minimum absolute atomic E-state index is 0. The lowest BCUT2D eigenvalue weighted by atomic mass is 9.80. The second-order valence-electron chi connectivity index (χ2n) is 25.9. The van der Waals surface area contributed by atoms with E-state index in [0.29, 0.717) is 80.4 Å². The number of nitrogens with two attached hydrogens (primary N) is 1. The van der Waals surface area contributed by atoms with E-state index in [-0.39, 0.29) is 84.3 Å². The summed E-state index contributed by atoms with van der Waals surface area (Å²) in [5.41, 5.74) is 23.3. The van der Waals surface area contributed by atoms with E-state index < -0.39 is 40.7 Å². The average molecular weight is 2140 g/mol. The van der Waals surface area contributed by atoms with Crippen LogP contribution in [0.5, 0.6) is 11.5 Å². The van der Waals surface area contributed by atoms with E-state index in [4.69, 9.17) is 53.8 Å². The zero-order chi connectivity index (χ0) is 91.3. The third-order valence-corrected chi connectivity index (χ3v) is 22.6. The number of aromatic hydroxyl groups is 1. The molecule has 0 radical (unpaired) electrons. The van der Waals surface area contributed by atoms with Crippen LogP contribution in [0.1, 0.15) is 156 Å². The summed E-state index contributed by atoms with van der Waals surface area (Å²) in [6, 6.07) is 45.1. The van der Waals surface area contributed by atoms with Gasteiger partial charge in [0.05, 0.1) is 74.8 Å². The molecule has 0 saturated carbocycles. The number of fused-ring (bicyclic) bond motifs is 2. The number of hydrogen-bond acceptors (Lipinski definition) is 20. The second-order valence-corrected chi connectivity index (χ2v) is 39.2. The van der Waals surface area contributed by atoms with Crippen LogP contribution in [0.2, 0.25) is 0 Å². The molecular formula is C90H116B2Br5Cl2F2NO17S4. The molecule has 2 heterocycles. The summed E-state index contributed by atoms with van der Waals surface area (Å²) in [6.07, 6.45) is 15.8. The Bertz CT molecular complexity index is 4800. The number of hydrogen-bond donors (Lipinski definition) is 6. The molecule has 8 aromatic carbocycles. The minimum Gasteiger partial charge on any atom is -0.508 e. The highest BCUT2D eigenvalue weighted by Gasteiger charge is 2.16. The normalized spacial score (nSPS) is 10.6. The van der Waals surface area contributed by atoms with Crippen molar-refractivity contribution in [3.63, 3.8) is 0 Å². The lowest BCUT2D eigenvalue weighted by molar-refractivity contribution is -0.143. The van der Waals surface area contributed by atoms with Gasteiger partial charge in [-0.15, -0.1) is 83.8 Å². The van der Waals surface area contributed by atoms with Gasteiger partial charge in [-0.3, -0.25) is 27.6 Å². The standard InChI is InChI=1S/C21H20BrFO4.C13H18O2.C13H18OS2.C12H16O3.C10H12O.C9H6BrFO2.C7H10BNO2.C3H8OS2.C2H6O.BBr3.2ClH/c1-3-13-5-6-15(11-20(24)25-4-2)18(9-13)26-12-14-7-16-10-19(23)27-21(16)17(22)8-14;1-4-11-6-7-12(10(3)8-11)9-13(14)15-5-2;1-5-11-6-7-12(10(2)8-11)9-13(15-3)16(4)14;1-3-9-5-6-10(11(13)7-9)8-12(14)15-4-2;1-3-9-4-5-10(7-11)8(2)6-9;10-7-2-5(4-12)1-6-3-8(11)13-9(6)7;9-5-6-2-1-3-7(4-6)8(10)11;1-5-3-6(2)4;1-2-3;2-1(3)4;;/h5-10H,3-4,11-12H2,1-2H3;6-8H,4-5,9H2,1-3H3;6-9H,5H2,1-4H3;5-7,13H,3-4,8H2,1-2H3;4-7H,3H2,1-2H3;1-3,12H,4H2;1-4,10-11H,5,9H2;3H2,1-2H3;3H,2H2,1H3;;2*1H/b;;13-9+;;;;;;;;;. The molecule has 0 amide bonds. The SMILES string of the molecule is BrB(Br)Br.CCO.CCOC(=O)Cc1ccc(CC)cc1C.CCOC(=O)Cc1ccc(CC)cc1O.CCOC(=O)Cc1ccc(CC)cc1OCc1cc(Br)c2oc(F)cc2c1.CCc1ccc(/C=C(\SC)S(C)=O)c(C)c1.CCc1ccc(C=O)c(C)c1.CSCS(C)=O.Cl.Cl.NCc1cccc(B(O)O)c1.OCc1cc(Br)c2oc(F)cc2c1. The van der Waals surface area contributed by atoms with Crippen LogP contribution in [-0.4, -0.2) is 125 Å². The largest absolute Gasteiger partial charge is 0.508 e. The molecule has 2 aromatic heterocycles. The van der Waals surface area contributed by atoms with E-state index in [1.54, 1.807) is 99.3 Å². The van der Waals surface area contributed by atoms with Crippen molar-refractivity contribution in [2.75, 3.05) is 56.5 Å². The van der Waals surface area contributed by atoms with E-state index in [1.165, 1.54) is 39.9 Å². The van der Waals surface area contributed by atoms with Crippen LogP contribution < -0.4 is 15.9 Å². The predicted molar refractivity (Wildman–Crippen MR) is 531 cm³/mol. The topological polar surface area (TPSA) is 293 Å². The first-order valence-corrected chi connectivity index (χ1v) is 49.0. The van der Waals surface area contributed by atoms with Crippen LogP contribution in [0.15, 0.2) is 174 Å². The maximum atomic E-state index is 13.3. The van der Waals surface area contributed by atoms with Gasteiger partial charge in [0.15, 0.2) is 11.2 Å². The summed E-state index contributed by atoms with van der Waals surface area (Å²) in [5, 5.41) is 45.7. The monoisotopic (exact) mass is 2140 g/mol. The maximum absolute atomic E-state index is 13.3. The zero-order valence-corrected chi connectivity index (χ0v) is 85.2. The fourth-order valence-electron chi connectivity index (χ4n) is 10.6. The first-order chi connectivity index (χ1) is 57.5. The van der Waals surface area contributed by atoms with Crippen LogP contribution >= 0.6 is 127 Å². The number of aryl methyl sites for hydroxylation is 8. The number of carbonyl (C=O) groups is 4. The number of ether oxygens (including phenoxy) is 4. The molecule has 0 saturated heterocycles. The molecule has 10 aromatic rings. The number of rotatable bonds is 26. The molecule has 7 N–H and O–H groups in total. The van der Waals surface area contributed by atoms with Gasteiger partial charge >= 0.3 is 28.2 Å². The number of phenolic OH excluding ortho intramolecular Hbond substituents is 1. The van der Waals surface area contributed by atoms with E-state index in [1.807, 2.05) is 107 Å². The molecule has 0 aliphatic carbocycles. The Kier molecular flexibility index (Phi) is 66.0. The Morgan fingerprint density at radius 3 is 1.33 bits per heavy atom. The van der Waals surface area contributed by atoms with Crippen molar-refractivity contribution >= 4 is 217 Å². The summed E-state index contributed by atoms with van der Waals surface area (Å²) in [5.74, 6) is 0.0749. The van der Waals surface area contributed by atoms with Crippen LogP contribution in [0.25, 0.3) is 28.0 Å². The van der Waals surface area contributed by atoms with Crippen molar-refractivity contribution < 1.29 is 89.5 Å². The van der Waals surface area contributed by atoms with Gasteiger partial charge in [-0.2, -0.15) is 20.5 Å². The van der Waals surface area contributed by atoms with Gasteiger partial charge in [-0.05, 0) is 245 Å². The Morgan fingerprint density at radius 1 is 0.537 bits per heavy atom. The number of carbonyl (C=O) groups excluding carboxylic acids is 4. The van der Waals surface area contributed by atoms with Gasteiger partial charge in [0.2, 0.25) is 0 Å². The Labute approximate surface area is 793 Å². The molecule has 2 unspecified atom stereocenters. The second kappa shape index (κ2) is 68.2. The molecule has 0 fully saturated rings. The van der Waals surface area contributed by atoms with Gasteiger partial charge in [-0.25, -0.2) is 0 Å². The molecule has 33 heteroatoms. The molecule has 676 valence electrons. The van der Waals surface area contributed by atoms with Crippen molar-refractivity contribution in [3.8, 4) is 11.5 Å². The van der Waals surface area contributed by atoms with Crippen LogP contribution in [0.3, 0.4) is 0 Å². The maximum Gasteiger partial charge on any atom is 0.488 e. The van der Waals surface area contributed by atoms with Gasteiger partial charge < -0.3 is 58.9 Å². The highest BCUT2D eigenvalue weighted by Crippen LogP contribution is 2.32. The molecule has 18 nitrogen and oxygen atoms in total. The molecule has 0 bridgehead atoms. The lowest BCUT2D eigenvalue weighted by Crippen LogP contribution is -2.30. The van der Waals surface area contributed by atoms with E-state index in [2.05, 4.69) is 150 Å². The number of esters is 3. The number of phenols is 1. The number of benzene rings is 8. The number of aliphatic hydroxyl groups is 2. The molecule has 123 heavy (non-hydrogen) atoms. The number of aliphatic hydroxyl groups excluding tert-OH is 2. The summed E-state index contributed by atoms with van der Waals surface area (Å²) in [4.78, 5) is 44.8. The fourth-order valence-corrected chi connectivity index (χ4v) is 14.6. The van der Waals surface area contributed by atoms with E-state index in [0.717, 1.165) is 103 Å². The van der Waals surface area contributed by atoms with Crippen LogP contribution in [-0.2, 0) is 121 Å². The van der Waals surface area contributed by atoms with Gasteiger partial charge in [0, 0.05) is 76.1 Å². The molecule has 0 spiro atoms. The molecular weight excluding hydrogens is 2030 g/mol. The molecule has 0 aliphatic rings. The minimum atomic E-state index is -1.40. The quantitative estimate of drug-likeness (QED) is 0.0127. The number of furan rings is 2. The highest BCUT2D eigenvalue weighted by molar-refractivity contribution is 9.69. The number of thioether (sulfide) groups is 2. The van der Waals surface area contributed by atoms with Gasteiger partial charge in [-0.1, -0.05) is 138 Å². The van der Waals surface area contributed by atoms with Gasteiger partial charge in [0.25, 0.3) is 12.0 Å². The Hall–Kier alpha value is -5.97. The van der Waals surface area contributed by atoms with E-state index >= 15 is 0 Å². The number of halogens is 9. The van der Waals surface area contributed by atoms with Crippen LogP contribution in [0, 0.1) is 32.8 Å². The van der Waals surface area contributed by atoms with Crippen molar-refractivity contribution in [2.45, 2.75) is 154 Å². The highest BCUT2D eigenvalue weighted by atomic mass is 79.9. The third kappa shape index (κ3) is 48.7. The van der Waals surface area contributed by atoms with Gasteiger partial charge in [0.1, 0.15) is 24.4 Å². The zero-order valence-electron chi connectivity index (χ0n) is 72.4. The molecule has 10 rings (SSSR count). The molecule has 0 aliphatic heterocycles. The van der Waals surface area contributed by atoms with E-state index in [9.17, 15) is 41.5 Å². The van der Waals surface area contributed by atoms with Crippen LogP contribution in [0.4, 0.5) is 8.78 Å². The predicted octanol–water partition coefficient (Wildman–Crippen LogP) is 21.6. The summed E-state index contributed by atoms with van der Waals surface area (Å²) >= 11 is 19.1. The smallest absolute Gasteiger partial charge is 0.488 e.